The SMILES string of the molecule is CC(C)(C)OC(=O)c1cnc(N2CCC(C(=O)O)CC2)c(Cl)c1.[KH]. The third-order valence-corrected chi connectivity index (χ3v) is 3.88. The number of carboxylic acids is 1. The molecule has 8 heteroatoms. The minimum absolute atomic E-state index is 0. The molecule has 24 heavy (non-hydrogen) atoms. The van der Waals surface area contributed by atoms with Crippen LogP contribution in [0.4, 0.5) is 5.82 Å². The van der Waals surface area contributed by atoms with Crippen LogP contribution in [-0.2, 0) is 9.53 Å². The molecule has 0 spiro atoms. The van der Waals surface area contributed by atoms with Gasteiger partial charge in [-0.1, -0.05) is 11.6 Å². The predicted octanol–water partition coefficient (Wildman–Crippen LogP) is 2.34. The summed E-state index contributed by atoms with van der Waals surface area (Å²) in [6.07, 6.45) is 2.56. The molecule has 0 bridgehead atoms. The Balaban J connectivity index is 0.00000288. The number of pyridine rings is 1. The maximum atomic E-state index is 12.0. The Morgan fingerprint density at radius 2 is 1.92 bits per heavy atom. The number of hydrogen-bond donors (Lipinski definition) is 1. The van der Waals surface area contributed by atoms with Crippen molar-refractivity contribution in [3.05, 3.63) is 22.8 Å². The zero-order chi connectivity index (χ0) is 17.2. The fourth-order valence-electron chi connectivity index (χ4n) is 2.45. The van der Waals surface area contributed by atoms with Crippen molar-refractivity contribution in [3.8, 4) is 0 Å². The van der Waals surface area contributed by atoms with Gasteiger partial charge in [-0.05, 0) is 39.7 Å². The molecule has 1 N–H and O–H groups in total. The zero-order valence-corrected chi connectivity index (χ0v) is 14.3. The van der Waals surface area contributed by atoms with Gasteiger partial charge in [0.25, 0.3) is 0 Å². The molecule has 2 rings (SSSR count). The summed E-state index contributed by atoms with van der Waals surface area (Å²) < 4.78 is 5.29. The topological polar surface area (TPSA) is 79.7 Å². The number of carboxylic acid groups (broad SMARTS) is 1. The Kier molecular flexibility index (Phi) is 8.16. The summed E-state index contributed by atoms with van der Waals surface area (Å²) in [6.45, 7) is 6.54. The number of aliphatic carboxylic acids is 1. The van der Waals surface area contributed by atoms with E-state index in [1.54, 1.807) is 26.8 Å². The molecule has 1 aromatic rings. The number of esters is 1. The number of carbonyl (C=O) groups is 2. The number of piperidine rings is 1. The Morgan fingerprint density at radius 1 is 1.33 bits per heavy atom. The van der Waals surface area contributed by atoms with Crippen LogP contribution in [0.1, 0.15) is 44.0 Å². The fourth-order valence-corrected chi connectivity index (χ4v) is 2.74. The van der Waals surface area contributed by atoms with Gasteiger partial charge in [0.1, 0.15) is 11.4 Å². The van der Waals surface area contributed by atoms with Gasteiger partial charge < -0.3 is 14.7 Å². The summed E-state index contributed by atoms with van der Waals surface area (Å²) >= 11 is 6.25. The molecule has 6 nitrogen and oxygen atoms in total. The van der Waals surface area contributed by atoms with E-state index in [-0.39, 0.29) is 57.3 Å². The molecule has 0 unspecified atom stereocenters. The average molecular weight is 381 g/mol. The Morgan fingerprint density at radius 3 is 2.38 bits per heavy atom. The normalized spacial score (nSPS) is 15.6. The van der Waals surface area contributed by atoms with Gasteiger partial charge in [0.15, 0.2) is 0 Å². The average Bonchev–Trinajstić information content (AvgIpc) is 2.45. The van der Waals surface area contributed by atoms with Crippen molar-refractivity contribution in [3.63, 3.8) is 0 Å². The molecule has 1 aromatic heterocycles. The van der Waals surface area contributed by atoms with Gasteiger partial charge in [0, 0.05) is 19.3 Å². The standard InChI is InChI=1S/C16H21ClN2O4.K.H/c1-16(2,3)23-15(22)11-8-12(17)13(18-9-11)19-6-4-10(5-7-19)14(20)21;;/h8-10H,4-7H2,1-3H3,(H,20,21);;. The number of rotatable bonds is 3. The number of carbonyl (C=O) groups excluding carboxylic acids is 1. The van der Waals surface area contributed by atoms with Gasteiger partial charge in [-0.15, -0.1) is 0 Å². The van der Waals surface area contributed by atoms with Crippen molar-refractivity contribution in [2.24, 2.45) is 5.92 Å². The molecule has 1 saturated heterocycles. The van der Waals surface area contributed by atoms with Gasteiger partial charge in [0.05, 0.1) is 16.5 Å². The second-order valence-corrected chi connectivity index (χ2v) is 7.04. The third-order valence-electron chi connectivity index (χ3n) is 3.60. The number of halogens is 1. The van der Waals surface area contributed by atoms with E-state index in [9.17, 15) is 9.59 Å². The Bertz CT molecular complexity index is 611. The van der Waals surface area contributed by atoms with Crippen LogP contribution >= 0.6 is 11.6 Å². The van der Waals surface area contributed by atoms with Crippen LogP contribution in [-0.4, -0.2) is 92.1 Å². The number of aromatic nitrogens is 1. The molecule has 1 aliphatic heterocycles. The summed E-state index contributed by atoms with van der Waals surface area (Å²) in [6, 6.07) is 1.54. The fraction of sp³-hybridized carbons (Fsp3) is 0.562. The zero-order valence-electron chi connectivity index (χ0n) is 13.5. The van der Waals surface area contributed by atoms with E-state index in [1.807, 2.05) is 4.90 Å². The van der Waals surface area contributed by atoms with Gasteiger partial charge >= 0.3 is 63.3 Å². The predicted molar refractivity (Wildman–Crippen MR) is 94.1 cm³/mol. The molecule has 0 radical (unpaired) electrons. The summed E-state index contributed by atoms with van der Waals surface area (Å²) in [7, 11) is 0. The first kappa shape index (κ1) is 21.9. The van der Waals surface area contributed by atoms with Crippen LogP contribution in [0.25, 0.3) is 0 Å². The van der Waals surface area contributed by atoms with E-state index < -0.39 is 17.5 Å². The molecular formula is C16H22ClKN2O4. The van der Waals surface area contributed by atoms with Crippen molar-refractivity contribution in [1.29, 1.82) is 0 Å². The Hall–Kier alpha value is -0.184. The summed E-state index contributed by atoms with van der Waals surface area (Å²) in [5, 5.41) is 9.39. The van der Waals surface area contributed by atoms with Crippen molar-refractivity contribution in [2.75, 3.05) is 18.0 Å². The first-order valence-electron chi connectivity index (χ1n) is 7.54. The summed E-state index contributed by atoms with van der Waals surface area (Å²) in [4.78, 5) is 29.2. The van der Waals surface area contributed by atoms with Crippen LogP contribution in [0.15, 0.2) is 12.3 Å². The van der Waals surface area contributed by atoms with Crippen LogP contribution in [0.2, 0.25) is 5.02 Å². The molecule has 128 valence electrons. The molecule has 0 saturated carbocycles. The first-order chi connectivity index (χ1) is 10.7. The van der Waals surface area contributed by atoms with Gasteiger partial charge in [-0.2, -0.15) is 0 Å². The van der Waals surface area contributed by atoms with E-state index in [1.165, 1.54) is 6.20 Å². The molecule has 2 heterocycles. The third kappa shape index (κ3) is 5.96. The number of nitrogens with zero attached hydrogens (tertiary/aromatic N) is 2. The van der Waals surface area contributed by atoms with Crippen molar-refractivity contribution >= 4 is 80.7 Å². The second-order valence-electron chi connectivity index (χ2n) is 6.63. The van der Waals surface area contributed by atoms with Gasteiger partial charge in [-0.25, -0.2) is 9.78 Å². The molecule has 0 aliphatic carbocycles. The quantitative estimate of drug-likeness (QED) is 0.640. The monoisotopic (exact) mass is 380 g/mol. The van der Waals surface area contributed by atoms with Crippen LogP contribution in [0, 0.1) is 5.92 Å². The Labute approximate surface area is 189 Å². The van der Waals surface area contributed by atoms with Crippen molar-refractivity contribution < 1.29 is 19.4 Å². The van der Waals surface area contributed by atoms with Crippen molar-refractivity contribution in [2.45, 2.75) is 39.2 Å². The first-order valence-corrected chi connectivity index (χ1v) is 7.92. The van der Waals surface area contributed by atoms with Crippen LogP contribution in [0.3, 0.4) is 0 Å². The summed E-state index contributed by atoms with van der Waals surface area (Å²) in [5.74, 6) is -0.971. The molecule has 1 aliphatic rings. The maximum absolute atomic E-state index is 12.0. The number of ether oxygens (including phenoxy) is 1. The van der Waals surface area contributed by atoms with E-state index in [2.05, 4.69) is 4.98 Å². The molecular weight excluding hydrogens is 359 g/mol. The molecule has 0 atom stereocenters. The number of hydrogen-bond acceptors (Lipinski definition) is 5. The van der Waals surface area contributed by atoms with Crippen molar-refractivity contribution in [1.82, 2.24) is 4.98 Å². The van der Waals surface area contributed by atoms with E-state index in [0.29, 0.717) is 42.3 Å². The van der Waals surface area contributed by atoms with Crippen LogP contribution < -0.4 is 4.90 Å². The molecule has 0 aromatic carbocycles. The van der Waals surface area contributed by atoms with Gasteiger partial charge in [0.2, 0.25) is 0 Å². The van der Waals surface area contributed by atoms with E-state index in [4.69, 9.17) is 21.4 Å². The molecule has 0 amide bonds. The minimum atomic E-state index is -0.760. The summed E-state index contributed by atoms with van der Waals surface area (Å²) in [5.41, 5.74) is -0.282. The van der Waals surface area contributed by atoms with E-state index in [0.717, 1.165) is 0 Å². The molecule has 1 fully saturated rings. The van der Waals surface area contributed by atoms with Gasteiger partial charge in [-0.3, -0.25) is 4.79 Å². The van der Waals surface area contributed by atoms with E-state index >= 15 is 0 Å². The number of anilines is 1. The second kappa shape index (κ2) is 8.96. The van der Waals surface area contributed by atoms with Crippen LogP contribution in [0.5, 0.6) is 0 Å².